The van der Waals surface area contributed by atoms with Crippen LogP contribution in [0, 0.1) is 18.2 Å². The van der Waals surface area contributed by atoms with Crippen LogP contribution in [0.5, 0.6) is 5.75 Å². The van der Waals surface area contributed by atoms with Crippen LogP contribution in [-0.4, -0.2) is 37.8 Å². The number of aryl methyl sites for hydroxylation is 1. The van der Waals surface area contributed by atoms with Crippen molar-refractivity contribution in [1.29, 1.82) is 0 Å². The topological polar surface area (TPSA) is 92.6 Å². The summed E-state index contributed by atoms with van der Waals surface area (Å²) in [4.78, 5) is 11.8. The molecule has 1 saturated heterocycles. The van der Waals surface area contributed by atoms with Crippen LogP contribution < -0.4 is 10.6 Å². The summed E-state index contributed by atoms with van der Waals surface area (Å²) in [5.41, 5.74) is 11.5. The minimum absolute atomic E-state index is 0.00730. The number of aromatic nitrogens is 4. The van der Waals surface area contributed by atoms with Gasteiger partial charge in [-0.1, -0.05) is 6.07 Å². The highest BCUT2D eigenvalue weighted by Gasteiger charge is 2.46. The Morgan fingerprint density at radius 2 is 1.97 bits per heavy atom. The van der Waals surface area contributed by atoms with Crippen LogP contribution in [0.4, 0.5) is 10.2 Å². The number of phenols is 1. The molecule has 33 heavy (non-hydrogen) atoms. The number of rotatable bonds is 2. The fourth-order valence-corrected chi connectivity index (χ4v) is 5.62. The fraction of sp³-hybridized carbons (Fsp3) is 0.320. The van der Waals surface area contributed by atoms with Crippen molar-refractivity contribution in [3.63, 3.8) is 0 Å². The Kier molecular flexibility index (Phi) is 4.42. The first kappa shape index (κ1) is 20.1. The molecule has 4 aromatic rings. The number of hydrogen-bond donors (Lipinski definition) is 2. The van der Waals surface area contributed by atoms with E-state index >= 15 is 0 Å². The van der Waals surface area contributed by atoms with Crippen molar-refractivity contribution in [2.75, 3.05) is 18.0 Å². The number of pyridine rings is 1. The number of nitrogens with two attached hydrogens (primary N) is 1. The van der Waals surface area contributed by atoms with Crippen LogP contribution in [0.15, 0.2) is 48.8 Å². The molecule has 1 aliphatic heterocycles. The van der Waals surface area contributed by atoms with Gasteiger partial charge in [-0.25, -0.2) is 13.9 Å². The monoisotopic (exact) mass is 444 g/mol. The molecule has 0 unspecified atom stereocenters. The van der Waals surface area contributed by atoms with E-state index in [9.17, 15) is 9.50 Å². The Bertz CT molecular complexity index is 1370. The van der Waals surface area contributed by atoms with Crippen LogP contribution in [-0.2, 0) is 6.42 Å². The lowest BCUT2D eigenvalue weighted by atomic mass is 9.73. The maximum absolute atomic E-state index is 14.7. The van der Waals surface area contributed by atoms with Crippen molar-refractivity contribution >= 4 is 11.3 Å². The van der Waals surface area contributed by atoms with Crippen molar-refractivity contribution in [3.05, 3.63) is 71.6 Å². The van der Waals surface area contributed by atoms with E-state index in [1.807, 2.05) is 25.3 Å². The average molecular weight is 445 g/mol. The standard InChI is InChI=1S/C25H25FN6O/c1-15-22(17-5-4-16(33)13-19(17)26)32-21(6-10-29-32)24(30-15)31-11-7-25(8-12-31)14-20-18(23(25)27)3-2-9-28-20/h2-6,9-10,13,23,33H,7-8,11-12,14,27H2,1H3/t23-/m1/s1. The number of aromatic hydroxyl groups is 1. The zero-order valence-corrected chi connectivity index (χ0v) is 18.4. The predicted molar refractivity (Wildman–Crippen MR) is 124 cm³/mol. The maximum Gasteiger partial charge on any atom is 0.155 e. The first-order chi connectivity index (χ1) is 16.0. The molecule has 0 amide bonds. The molecular weight excluding hydrogens is 419 g/mol. The second-order valence-corrected chi connectivity index (χ2v) is 9.21. The summed E-state index contributed by atoms with van der Waals surface area (Å²) in [5, 5.41) is 14.1. The third kappa shape index (κ3) is 3.01. The second kappa shape index (κ2) is 7.25. The van der Waals surface area contributed by atoms with Crippen molar-refractivity contribution in [1.82, 2.24) is 19.6 Å². The summed E-state index contributed by atoms with van der Waals surface area (Å²) in [6, 6.07) is 10.1. The molecule has 168 valence electrons. The maximum atomic E-state index is 14.7. The Hall–Kier alpha value is -3.52. The van der Waals surface area contributed by atoms with Gasteiger partial charge < -0.3 is 15.7 Å². The molecule has 7 nitrogen and oxygen atoms in total. The third-order valence-electron chi connectivity index (χ3n) is 7.41. The van der Waals surface area contributed by atoms with Crippen LogP contribution in [0.1, 0.15) is 35.8 Å². The van der Waals surface area contributed by atoms with E-state index in [2.05, 4.69) is 21.0 Å². The SMILES string of the molecule is Cc1nc(N2CCC3(CC2)Cc2ncccc2[C@H]3N)c2ccnn2c1-c1ccc(O)cc1F. The molecule has 2 aliphatic rings. The highest BCUT2D eigenvalue weighted by molar-refractivity contribution is 5.76. The number of halogens is 1. The smallest absolute Gasteiger partial charge is 0.155 e. The van der Waals surface area contributed by atoms with Gasteiger partial charge in [0.1, 0.15) is 17.1 Å². The highest BCUT2D eigenvalue weighted by Crippen LogP contribution is 2.50. The molecule has 3 aromatic heterocycles. The molecule has 1 spiro atoms. The summed E-state index contributed by atoms with van der Waals surface area (Å²) in [5.74, 6) is 0.234. The van der Waals surface area contributed by atoms with Crippen LogP contribution in [0.2, 0.25) is 0 Å². The number of fused-ring (bicyclic) bond motifs is 2. The quantitative estimate of drug-likeness (QED) is 0.489. The number of anilines is 1. The molecule has 8 heteroatoms. The van der Waals surface area contributed by atoms with Gasteiger partial charge in [0.2, 0.25) is 0 Å². The lowest BCUT2D eigenvalue weighted by Gasteiger charge is -2.42. The summed E-state index contributed by atoms with van der Waals surface area (Å²) < 4.78 is 16.4. The molecule has 1 fully saturated rings. The zero-order chi connectivity index (χ0) is 22.7. The average Bonchev–Trinajstić information content (AvgIpc) is 3.39. The van der Waals surface area contributed by atoms with Crippen molar-refractivity contribution in [2.24, 2.45) is 11.1 Å². The molecule has 0 radical (unpaired) electrons. The molecular formula is C25H25FN6O. The minimum atomic E-state index is -0.507. The molecule has 0 bridgehead atoms. The minimum Gasteiger partial charge on any atom is -0.508 e. The molecule has 3 N–H and O–H groups in total. The Morgan fingerprint density at radius 1 is 1.15 bits per heavy atom. The Labute approximate surface area is 190 Å². The van der Waals surface area contributed by atoms with E-state index in [-0.39, 0.29) is 17.2 Å². The first-order valence-electron chi connectivity index (χ1n) is 11.2. The van der Waals surface area contributed by atoms with Gasteiger partial charge >= 0.3 is 0 Å². The van der Waals surface area contributed by atoms with Gasteiger partial charge in [-0.3, -0.25) is 4.98 Å². The van der Waals surface area contributed by atoms with E-state index in [0.717, 1.165) is 55.4 Å². The van der Waals surface area contributed by atoms with E-state index in [1.54, 1.807) is 16.8 Å². The summed E-state index contributed by atoms with van der Waals surface area (Å²) >= 11 is 0. The summed E-state index contributed by atoms with van der Waals surface area (Å²) in [6.45, 7) is 3.54. The summed E-state index contributed by atoms with van der Waals surface area (Å²) in [6.07, 6.45) is 6.40. The lowest BCUT2D eigenvalue weighted by molar-refractivity contribution is 0.187. The molecule has 4 heterocycles. The highest BCUT2D eigenvalue weighted by atomic mass is 19.1. The van der Waals surface area contributed by atoms with Gasteiger partial charge in [0, 0.05) is 42.7 Å². The molecule has 1 aromatic carbocycles. The van der Waals surface area contributed by atoms with E-state index in [0.29, 0.717) is 17.0 Å². The van der Waals surface area contributed by atoms with Crippen LogP contribution in [0.3, 0.4) is 0 Å². The number of nitrogens with zero attached hydrogens (tertiary/aromatic N) is 5. The Balaban J connectivity index is 1.34. The molecule has 0 saturated carbocycles. The van der Waals surface area contributed by atoms with Gasteiger partial charge in [0.15, 0.2) is 5.82 Å². The largest absolute Gasteiger partial charge is 0.508 e. The van der Waals surface area contributed by atoms with Gasteiger partial charge in [-0.05, 0) is 61.4 Å². The van der Waals surface area contributed by atoms with Crippen molar-refractivity contribution in [3.8, 4) is 17.0 Å². The van der Waals surface area contributed by atoms with E-state index in [4.69, 9.17) is 10.7 Å². The van der Waals surface area contributed by atoms with Gasteiger partial charge in [-0.15, -0.1) is 0 Å². The Morgan fingerprint density at radius 3 is 2.73 bits per heavy atom. The predicted octanol–water partition coefficient (Wildman–Crippen LogP) is 3.79. The normalized spacial score (nSPS) is 19.4. The lowest BCUT2D eigenvalue weighted by Crippen LogP contribution is -2.44. The van der Waals surface area contributed by atoms with Crippen LogP contribution in [0.25, 0.3) is 16.8 Å². The number of phenolic OH excluding ortho intramolecular Hbond substituents is 1. The summed E-state index contributed by atoms with van der Waals surface area (Å²) in [7, 11) is 0. The third-order valence-corrected chi connectivity index (χ3v) is 7.41. The molecule has 1 aliphatic carbocycles. The van der Waals surface area contributed by atoms with Crippen molar-refractivity contribution in [2.45, 2.75) is 32.2 Å². The fourth-order valence-electron chi connectivity index (χ4n) is 5.62. The number of benzene rings is 1. The zero-order valence-electron chi connectivity index (χ0n) is 18.4. The van der Waals surface area contributed by atoms with Gasteiger partial charge in [0.05, 0.1) is 17.6 Å². The van der Waals surface area contributed by atoms with E-state index in [1.165, 1.54) is 11.6 Å². The second-order valence-electron chi connectivity index (χ2n) is 9.21. The van der Waals surface area contributed by atoms with E-state index < -0.39 is 5.82 Å². The van der Waals surface area contributed by atoms with Gasteiger partial charge in [0.25, 0.3) is 0 Å². The number of piperidine rings is 1. The molecule has 1 atom stereocenters. The molecule has 6 rings (SSSR count). The number of hydrogen-bond acceptors (Lipinski definition) is 6. The first-order valence-corrected chi connectivity index (χ1v) is 11.2. The van der Waals surface area contributed by atoms with Gasteiger partial charge in [-0.2, -0.15) is 5.10 Å². The van der Waals surface area contributed by atoms with Crippen LogP contribution >= 0.6 is 0 Å². The van der Waals surface area contributed by atoms with Crippen molar-refractivity contribution < 1.29 is 9.50 Å².